The number of sulfonamides is 1. The van der Waals surface area contributed by atoms with Crippen LogP contribution in [0.3, 0.4) is 0 Å². The molecule has 0 spiro atoms. The molecular weight excluding hydrogens is 502 g/mol. The minimum atomic E-state index is -3.82. The van der Waals surface area contributed by atoms with Crippen LogP contribution in [0.1, 0.15) is 38.3 Å². The summed E-state index contributed by atoms with van der Waals surface area (Å²) in [4.78, 5) is 28.3. The Morgan fingerprint density at radius 3 is 2.39 bits per heavy atom. The molecule has 0 fully saturated rings. The van der Waals surface area contributed by atoms with Gasteiger partial charge in [-0.05, 0) is 60.7 Å². The Hall–Kier alpha value is -2.78. The Bertz CT molecular complexity index is 1170. The Morgan fingerprint density at radius 1 is 1.14 bits per heavy atom. The molecule has 8 nitrogen and oxygen atoms in total. The molecule has 2 amide bonds. The summed E-state index contributed by atoms with van der Waals surface area (Å²) in [6, 6.07) is 11.2. The molecule has 2 aromatic rings. The van der Waals surface area contributed by atoms with Crippen molar-refractivity contribution in [2.75, 3.05) is 30.8 Å². The van der Waals surface area contributed by atoms with Gasteiger partial charge in [-0.2, -0.15) is 0 Å². The fraction of sp³-hybridized carbons (Fsp3) is 0.462. The van der Waals surface area contributed by atoms with E-state index in [4.69, 9.17) is 16.3 Å². The highest BCUT2D eigenvalue weighted by molar-refractivity contribution is 7.92. The number of anilines is 1. The maximum atomic E-state index is 13.7. The van der Waals surface area contributed by atoms with Gasteiger partial charge in [0.1, 0.15) is 18.3 Å². The summed E-state index contributed by atoms with van der Waals surface area (Å²) >= 11 is 6.06. The van der Waals surface area contributed by atoms with Crippen LogP contribution in [0, 0.1) is 12.8 Å². The third-order valence-electron chi connectivity index (χ3n) is 5.66. The van der Waals surface area contributed by atoms with E-state index in [1.54, 1.807) is 50.4 Å². The molecule has 0 aliphatic heterocycles. The third kappa shape index (κ3) is 8.13. The lowest BCUT2D eigenvalue weighted by Gasteiger charge is -2.33. The predicted octanol–water partition coefficient (Wildman–Crippen LogP) is 4.00. The molecule has 10 heteroatoms. The number of methoxy groups -OCH3 is 1. The Balaban J connectivity index is 2.47. The Labute approximate surface area is 219 Å². The average Bonchev–Trinajstić information content (AvgIpc) is 2.80. The predicted molar refractivity (Wildman–Crippen MR) is 144 cm³/mol. The highest BCUT2D eigenvalue weighted by Crippen LogP contribution is 2.26. The number of rotatable bonds is 12. The smallest absolute Gasteiger partial charge is 0.244 e. The van der Waals surface area contributed by atoms with Crippen LogP contribution in [0.5, 0.6) is 5.75 Å². The first-order valence-electron chi connectivity index (χ1n) is 11.8. The molecule has 0 aliphatic rings. The van der Waals surface area contributed by atoms with Crippen molar-refractivity contribution in [2.24, 2.45) is 5.92 Å². The molecule has 0 heterocycles. The second-order valence-electron chi connectivity index (χ2n) is 9.14. The molecule has 0 aliphatic carbocycles. The second kappa shape index (κ2) is 13.0. The molecule has 0 saturated heterocycles. The van der Waals surface area contributed by atoms with Crippen molar-refractivity contribution in [3.63, 3.8) is 0 Å². The molecule has 36 heavy (non-hydrogen) atoms. The van der Waals surface area contributed by atoms with Gasteiger partial charge in [0.2, 0.25) is 21.8 Å². The maximum Gasteiger partial charge on any atom is 0.244 e. The van der Waals surface area contributed by atoms with Gasteiger partial charge in [0.05, 0.1) is 19.1 Å². The van der Waals surface area contributed by atoms with Crippen molar-refractivity contribution in [3.05, 3.63) is 58.6 Å². The molecule has 2 rings (SSSR count). The molecule has 0 bridgehead atoms. The molecule has 198 valence electrons. The van der Waals surface area contributed by atoms with Gasteiger partial charge in [0.25, 0.3) is 0 Å². The molecule has 0 unspecified atom stereocenters. The van der Waals surface area contributed by atoms with Crippen molar-refractivity contribution in [2.45, 2.75) is 46.7 Å². The van der Waals surface area contributed by atoms with Gasteiger partial charge in [-0.3, -0.25) is 13.9 Å². The van der Waals surface area contributed by atoms with Gasteiger partial charge in [0, 0.05) is 18.1 Å². The van der Waals surface area contributed by atoms with Gasteiger partial charge >= 0.3 is 0 Å². The summed E-state index contributed by atoms with van der Waals surface area (Å²) in [7, 11) is -2.27. The summed E-state index contributed by atoms with van der Waals surface area (Å²) in [5.74, 6) is 0.0783. The maximum absolute atomic E-state index is 13.7. The largest absolute Gasteiger partial charge is 0.497 e. The summed E-state index contributed by atoms with van der Waals surface area (Å²) in [5, 5.41) is 3.36. The molecule has 0 aromatic heterocycles. The topological polar surface area (TPSA) is 96.0 Å². The average molecular weight is 538 g/mol. The van der Waals surface area contributed by atoms with Crippen molar-refractivity contribution >= 4 is 39.1 Å². The van der Waals surface area contributed by atoms with E-state index in [-0.39, 0.29) is 18.4 Å². The fourth-order valence-corrected chi connectivity index (χ4v) is 4.94. The molecule has 1 atom stereocenters. The summed E-state index contributed by atoms with van der Waals surface area (Å²) in [6.45, 7) is 7.64. The highest BCUT2D eigenvalue weighted by Gasteiger charge is 2.32. The first kappa shape index (κ1) is 29.5. The van der Waals surface area contributed by atoms with Crippen molar-refractivity contribution in [1.29, 1.82) is 0 Å². The van der Waals surface area contributed by atoms with E-state index in [0.717, 1.165) is 16.1 Å². The molecular formula is C26H36ClN3O5S. The second-order valence-corrected chi connectivity index (χ2v) is 11.5. The number of carbonyl (C=O) groups is 2. The van der Waals surface area contributed by atoms with E-state index in [0.29, 0.717) is 35.0 Å². The van der Waals surface area contributed by atoms with E-state index in [1.165, 1.54) is 4.90 Å². The fourth-order valence-electron chi connectivity index (χ4n) is 3.80. The zero-order chi connectivity index (χ0) is 27.0. The minimum absolute atomic E-state index is 0.112. The molecule has 2 aromatic carbocycles. The third-order valence-corrected chi connectivity index (χ3v) is 7.03. The number of ether oxygens (including phenoxy) is 1. The number of amides is 2. The van der Waals surface area contributed by atoms with Crippen molar-refractivity contribution in [1.82, 2.24) is 10.2 Å². The first-order chi connectivity index (χ1) is 16.9. The normalized spacial score (nSPS) is 12.2. The van der Waals surface area contributed by atoms with Crippen molar-refractivity contribution in [3.8, 4) is 5.75 Å². The van der Waals surface area contributed by atoms with Crippen LogP contribution in [0.2, 0.25) is 5.02 Å². The SMILES string of the molecule is CC[C@@H](C(=O)NCC(C)C)N(Cc1cccc(OC)c1)C(=O)CN(c1ccc(Cl)cc1C)S(C)(=O)=O. The first-order valence-corrected chi connectivity index (χ1v) is 14.0. The highest BCUT2D eigenvalue weighted by atomic mass is 35.5. The number of aryl methyl sites for hydroxylation is 1. The number of hydrogen-bond donors (Lipinski definition) is 1. The van der Waals surface area contributed by atoms with E-state index in [2.05, 4.69) is 5.32 Å². The van der Waals surface area contributed by atoms with Gasteiger partial charge in [-0.1, -0.05) is 44.5 Å². The zero-order valence-corrected chi connectivity index (χ0v) is 23.3. The standard InChI is InChI=1S/C26H36ClN3O5S/c1-7-23(26(32)28-15-18(2)3)29(16-20-9-8-10-22(14-20)35-5)25(31)17-30(36(6,33)34)24-12-11-21(27)13-19(24)4/h8-14,18,23H,7,15-17H2,1-6H3,(H,28,32)/t23-/m0/s1. The van der Waals surface area contributed by atoms with E-state index in [9.17, 15) is 18.0 Å². The van der Waals surface area contributed by atoms with Gasteiger partial charge in [-0.15, -0.1) is 0 Å². The summed E-state index contributed by atoms with van der Waals surface area (Å²) < 4.78 is 31.9. The van der Waals surface area contributed by atoms with Crippen LogP contribution in [0.4, 0.5) is 5.69 Å². The lowest BCUT2D eigenvalue weighted by atomic mass is 10.1. The lowest BCUT2D eigenvalue weighted by Crippen LogP contribution is -2.52. The van der Waals surface area contributed by atoms with E-state index in [1.807, 2.05) is 26.8 Å². The van der Waals surface area contributed by atoms with Crippen molar-refractivity contribution < 1.29 is 22.7 Å². The Kier molecular flexibility index (Phi) is 10.6. The van der Waals surface area contributed by atoms with E-state index < -0.39 is 28.5 Å². The lowest BCUT2D eigenvalue weighted by molar-refractivity contribution is -0.140. The van der Waals surface area contributed by atoms with Gasteiger partial charge in [-0.25, -0.2) is 8.42 Å². The van der Waals surface area contributed by atoms with Crippen LogP contribution in [-0.4, -0.2) is 57.6 Å². The van der Waals surface area contributed by atoms with Crippen LogP contribution in [0.15, 0.2) is 42.5 Å². The number of benzene rings is 2. The van der Waals surface area contributed by atoms with Gasteiger partial charge in [0.15, 0.2) is 0 Å². The molecule has 1 N–H and O–H groups in total. The zero-order valence-electron chi connectivity index (χ0n) is 21.7. The van der Waals surface area contributed by atoms with Crippen LogP contribution in [0.25, 0.3) is 0 Å². The van der Waals surface area contributed by atoms with Crippen LogP contribution >= 0.6 is 11.6 Å². The van der Waals surface area contributed by atoms with Crippen LogP contribution < -0.4 is 14.4 Å². The van der Waals surface area contributed by atoms with Gasteiger partial charge < -0.3 is 15.0 Å². The number of hydrogen-bond acceptors (Lipinski definition) is 5. The monoisotopic (exact) mass is 537 g/mol. The number of carbonyl (C=O) groups excluding carboxylic acids is 2. The number of nitrogens with one attached hydrogen (secondary N) is 1. The molecule has 0 saturated carbocycles. The summed E-state index contributed by atoms with van der Waals surface area (Å²) in [6.07, 6.45) is 1.41. The minimum Gasteiger partial charge on any atom is -0.497 e. The quantitative estimate of drug-likeness (QED) is 0.441. The summed E-state index contributed by atoms with van der Waals surface area (Å²) in [5.41, 5.74) is 1.72. The number of nitrogens with zero attached hydrogens (tertiary/aromatic N) is 2. The van der Waals surface area contributed by atoms with E-state index >= 15 is 0 Å². The van der Waals surface area contributed by atoms with Crippen LogP contribution in [-0.2, 0) is 26.2 Å². The Morgan fingerprint density at radius 2 is 1.83 bits per heavy atom. The molecule has 0 radical (unpaired) electrons. The number of halogens is 1.